The third-order valence-corrected chi connectivity index (χ3v) is 5.28. The summed E-state index contributed by atoms with van der Waals surface area (Å²) in [5, 5.41) is 10.9. The number of allylic oxidation sites excluding steroid dienone is 1. The third kappa shape index (κ3) is 10.7. The first-order valence-electron chi connectivity index (χ1n) is 11.8. The Labute approximate surface area is 190 Å². The van der Waals surface area contributed by atoms with Crippen LogP contribution in [0.2, 0.25) is 0 Å². The first-order valence-corrected chi connectivity index (χ1v) is 12.1. The average Bonchev–Trinajstić information content (AvgIpc) is 2.74. The van der Waals surface area contributed by atoms with E-state index in [9.17, 15) is 5.11 Å². The van der Waals surface area contributed by atoms with Crippen LogP contribution in [-0.4, -0.2) is 63.1 Å². The number of hydrogen-bond donors (Lipinski definition) is 1. The van der Waals surface area contributed by atoms with E-state index < -0.39 is 30.6 Å². The van der Waals surface area contributed by atoms with Crippen molar-refractivity contribution in [3.63, 3.8) is 0 Å². The molecule has 8 heteroatoms. The van der Waals surface area contributed by atoms with Crippen molar-refractivity contribution >= 4 is 24.7 Å². The molecule has 173 valence electrons. The highest BCUT2D eigenvalue weighted by Gasteiger charge is 2.47. The maximum atomic E-state index is 10.9. The SMILES string of the molecule is [3H][B]SOCC1O[C@H](O/C=C\C)C(N=C(C)C)[C@@H](OCCCCCCCCCC)[C@@H]1O. The number of nitrogens with zero attached hydrogens (tertiary/aromatic N) is 1. The van der Waals surface area contributed by atoms with Crippen LogP contribution in [-0.2, 0) is 18.4 Å². The molecule has 1 aliphatic rings. The summed E-state index contributed by atoms with van der Waals surface area (Å²) in [5.74, 6) is 0. The van der Waals surface area contributed by atoms with Crippen molar-refractivity contribution in [1.82, 2.24) is 0 Å². The van der Waals surface area contributed by atoms with E-state index in [0.717, 1.165) is 37.5 Å². The number of rotatable bonds is 17. The second-order valence-electron chi connectivity index (χ2n) is 7.90. The normalized spacial score (nSPS) is 27.1. The van der Waals surface area contributed by atoms with Crippen LogP contribution >= 0.6 is 11.9 Å². The maximum absolute atomic E-state index is 10.9. The number of unbranched alkanes of at least 4 members (excludes halogenated alkanes) is 7. The fraction of sp³-hybridized carbons (Fsp3) is 0.864. The van der Waals surface area contributed by atoms with Gasteiger partial charge >= 0.3 is 0 Å². The summed E-state index contributed by atoms with van der Waals surface area (Å²) in [6.07, 6.45) is 10.3. The molecule has 1 radical (unpaired) electrons. The fourth-order valence-electron chi connectivity index (χ4n) is 3.50. The van der Waals surface area contributed by atoms with E-state index in [1.807, 2.05) is 20.8 Å². The molecular weight excluding hydrogens is 401 g/mol. The Morgan fingerprint density at radius 3 is 2.53 bits per heavy atom. The van der Waals surface area contributed by atoms with Crippen molar-refractivity contribution in [3.8, 4) is 0 Å². The van der Waals surface area contributed by atoms with Crippen molar-refractivity contribution in [1.29, 1.82) is 1.34 Å². The smallest absolute Gasteiger partial charge is 0.224 e. The van der Waals surface area contributed by atoms with E-state index in [-0.39, 0.29) is 6.61 Å². The van der Waals surface area contributed by atoms with Gasteiger partial charge < -0.3 is 23.5 Å². The van der Waals surface area contributed by atoms with Crippen LogP contribution in [0.3, 0.4) is 0 Å². The highest BCUT2D eigenvalue weighted by Crippen LogP contribution is 2.28. The minimum atomic E-state index is -0.904. The largest absolute Gasteiger partial charge is 0.470 e. The van der Waals surface area contributed by atoms with Gasteiger partial charge in [0.2, 0.25) is 13.4 Å². The Balaban J connectivity index is 2.67. The van der Waals surface area contributed by atoms with Gasteiger partial charge in [0.1, 0.15) is 24.4 Å². The summed E-state index contributed by atoms with van der Waals surface area (Å²) in [6, 6.07) is -0.475. The lowest BCUT2D eigenvalue weighted by Crippen LogP contribution is -2.59. The van der Waals surface area contributed by atoms with E-state index in [1.54, 1.807) is 12.3 Å². The molecule has 1 N–H and O–H groups in total. The van der Waals surface area contributed by atoms with Gasteiger partial charge in [-0.15, -0.1) is 0 Å². The van der Waals surface area contributed by atoms with Crippen molar-refractivity contribution in [2.45, 2.75) is 110 Å². The van der Waals surface area contributed by atoms with E-state index in [4.69, 9.17) is 19.7 Å². The van der Waals surface area contributed by atoms with E-state index in [0.29, 0.717) is 6.61 Å². The molecule has 1 saturated heterocycles. The second kappa shape index (κ2) is 17.1. The molecular formula is C22H41BNO5S. The third-order valence-electron chi connectivity index (χ3n) is 5.01. The molecule has 1 rings (SSSR count). The van der Waals surface area contributed by atoms with Gasteiger partial charge in [-0.05, 0) is 28.5 Å². The van der Waals surface area contributed by atoms with Gasteiger partial charge in [0.25, 0.3) is 0 Å². The molecule has 30 heavy (non-hydrogen) atoms. The minimum absolute atomic E-state index is 0.121. The van der Waals surface area contributed by atoms with E-state index in [2.05, 4.69) is 11.9 Å². The Bertz CT molecular complexity index is 510. The van der Waals surface area contributed by atoms with E-state index >= 15 is 0 Å². The standard InChI is InChI=1S/C22H41BNO5S/c1-5-7-8-9-10-11-12-13-15-26-21-19(24-17(3)4)22(27-14-6-2)29-18(20(21)25)16-28-30-23/h6,14,18-23,25H,5,7-13,15-16H2,1-4H3/b14-6-/t18?,19?,20-,21-,22+/m1/s1/i23T. The van der Waals surface area contributed by atoms with Gasteiger partial charge in [-0.25, -0.2) is 0 Å². The topological polar surface area (TPSA) is 69.5 Å². The van der Waals surface area contributed by atoms with E-state index in [1.165, 1.54) is 38.5 Å². The number of aliphatic hydroxyl groups is 1. The van der Waals surface area contributed by atoms with Crippen LogP contribution in [0.4, 0.5) is 0 Å². The fourth-order valence-corrected chi connectivity index (χ4v) is 3.71. The van der Waals surface area contributed by atoms with Gasteiger partial charge in [0.05, 0.1) is 12.9 Å². The molecule has 6 nitrogen and oxygen atoms in total. The zero-order chi connectivity index (χ0) is 22.9. The molecule has 0 spiro atoms. The minimum Gasteiger partial charge on any atom is -0.470 e. The predicted octanol–water partition coefficient (Wildman–Crippen LogP) is 4.48. The lowest BCUT2D eigenvalue weighted by Gasteiger charge is -2.42. The number of hydrogen-bond acceptors (Lipinski definition) is 7. The molecule has 5 atom stereocenters. The Kier molecular flexibility index (Phi) is 14.6. The molecule has 0 bridgehead atoms. The van der Waals surface area contributed by atoms with Gasteiger partial charge in [0, 0.05) is 12.3 Å². The maximum Gasteiger partial charge on any atom is 0.224 e. The summed E-state index contributed by atoms with van der Waals surface area (Å²) in [6.45, 7) is 8.59. The predicted molar refractivity (Wildman–Crippen MR) is 126 cm³/mol. The van der Waals surface area contributed by atoms with Crippen molar-refractivity contribution in [2.24, 2.45) is 4.99 Å². The number of ether oxygens (including phenoxy) is 3. The number of aliphatic hydroxyl groups excluding tert-OH is 1. The molecule has 0 amide bonds. The summed E-state index contributed by atoms with van der Waals surface area (Å²) in [4.78, 5) is 4.66. The molecule has 2 unspecified atom stereocenters. The number of aliphatic imine (C=N–C) groups is 1. The molecule has 0 aliphatic carbocycles. The van der Waals surface area contributed by atoms with Crippen molar-refractivity contribution < 1.29 is 23.5 Å². The Hall–Kier alpha value is -0.535. The second-order valence-corrected chi connectivity index (χ2v) is 8.33. The lowest BCUT2D eigenvalue weighted by molar-refractivity contribution is -0.256. The Morgan fingerprint density at radius 1 is 1.20 bits per heavy atom. The molecule has 1 aliphatic heterocycles. The molecule has 1 fully saturated rings. The van der Waals surface area contributed by atoms with Crippen LogP contribution < -0.4 is 0 Å². The van der Waals surface area contributed by atoms with Gasteiger partial charge in [-0.1, -0.05) is 69.8 Å². The van der Waals surface area contributed by atoms with Crippen molar-refractivity contribution in [3.05, 3.63) is 12.3 Å². The zero-order valence-corrected chi connectivity index (χ0v) is 19.9. The summed E-state index contributed by atoms with van der Waals surface area (Å²) < 4.78 is 30.3. The first kappa shape index (κ1) is 25.7. The summed E-state index contributed by atoms with van der Waals surface area (Å²) in [5.41, 5.74) is 0.865. The molecule has 0 saturated carbocycles. The lowest BCUT2D eigenvalue weighted by atomic mass is 9.97. The van der Waals surface area contributed by atoms with Crippen molar-refractivity contribution in [2.75, 3.05) is 13.2 Å². The summed E-state index contributed by atoms with van der Waals surface area (Å²) in [7, 11) is 1.09. The zero-order valence-electron chi connectivity index (χ0n) is 20.1. The van der Waals surface area contributed by atoms with Crippen LogP contribution in [0.5, 0.6) is 0 Å². The van der Waals surface area contributed by atoms with Crippen LogP contribution in [0, 0.1) is 0 Å². The van der Waals surface area contributed by atoms with Gasteiger partial charge in [0.15, 0.2) is 0 Å². The average molecular weight is 444 g/mol. The highest BCUT2D eigenvalue weighted by molar-refractivity contribution is 8.15. The van der Waals surface area contributed by atoms with Crippen LogP contribution in [0.1, 0.15) is 79.1 Å². The molecule has 0 aromatic rings. The first-order chi connectivity index (χ1) is 15.0. The molecule has 0 aromatic heterocycles. The monoisotopic (exact) mass is 444 g/mol. The van der Waals surface area contributed by atoms with Crippen LogP contribution in [0.25, 0.3) is 0 Å². The highest BCUT2D eigenvalue weighted by atomic mass is 32.2. The Morgan fingerprint density at radius 2 is 1.90 bits per heavy atom. The van der Waals surface area contributed by atoms with Gasteiger partial charge in [-0.3, -0.25) is 4.99 Å². The summed E-state index contributed by atoms with van der Waals surface area (Å²) >= 11 is 0.897. The van der Waals surface area contributed by atoms with Crippen LogP contribution in [0.15, 0.2) is 17.3 Å². The molecule has 1 heterocycles. The molecule has 0 aromatic carbocycles. The van der Waals surface area contributed by atoms with Gasteiger partial charge in [-0.2, -0.15) is 0 Å². The quantitative estimate of drug-likeness (QED) is 0.117.